The molecular weight excluding hydrogens is 406 g/mol. The summed E-state index contributed by atoms with van der Waals surface area (Å²) >= 11 is 0. The van der Waals surface area contributed by atoms with Crippen molar-refractivity contribution in [2.45, 2.75) is 20.0 Å². The number of aromatic nitrogens is 1. The van der Waals surface area contributed by atoms with Crippen LogP contribution in [-0.4, -0.2) is 43.8 Å². The standard InChI is InChI=1S/C21H25N3O5S/c1-14-18(13-24(2)12-15-9-10-20(28-3)19(25)11-15)22-21(29-14)16-7-5-6-8-17(16)23-30(4,26)27/h5-11,23,25H,12-13H2,1-4H3. The third kappa shape index (κ3) is 5.31. The van der Waals surface area contributed by atoms with Gasteiger partial charge in [0.25, 0.3) is 0 Å². The number of aryl methyl sites for hydroxylation is 1. The van der Waals surface area contributed by atoms with Crippen molar-refractivity contribution < 1.29 is 22.7 Å². The van der Waals surface area contributed by atoms with Crippen LogP contribution in [0.25, 0.3) is 11.5 Å². The lowest BCUT2D eigenvalue weighted by Crippen LogP contribution is -2.18. The summed E-state index contributed by atoms with van der Waals surface area (Å²) < 4.78 is 36.7. The minimum atomic E-state index is -3.43. The van der Waals surface area contributed by atoms with E-state index in [1.807, 2.05) is 24.9 Å². The molecule has 1 aromatic heterocycles. The van der Waals surface area contributed by atoms with Crippen LogP contribution >= 0.6 is 0 Å². The molecule has 8 nitrogen and oxygen atoms in total. The van der Waals surface area contributed by atoms with Crippen LogP contribution in [0, 0.1) is 6.92 Å². The predicted molar refractivity (Wildman–Crippen MR) is 115 cm³/mol. The summed E-state index contributed by atoms with van der Waals surface area (Å²) in [5, 5.41) is 9.95. The number of hydrogen-bond acceptors (Lipinski definition) is 7. The second kappa shape index (κ2) is 8.76. The Bertz CT molecular complexity index is 1140. The highest BCUT2D eigenvalue weighted by Crippen LogP contribution is 2.30. The summed E-state index contributed by atoms with van der Waals surface area (Å²) in [5.41, 5.74) is 2.66. The van der Waals surface area contributed by atoms with Crippen molar-refractivity contribution in [3.63, 3.8) is 0 Å². The van der Waals surface area contributed by atoms with Crippen molar-refractivity contribution >= 4 is 15.7 Å². The van der Waals surface area contributed by atoms with Gasteiger partial charge in [-0.25, -0.2) is 13.4 Å². The van der Waals surface area contributed by atoms with Crippen LogP contribution in [0.3, 0.4) is 0 Å². The highest BCUT2D eigenvalue weighted by Gasteiger charge is 2.17. The van der Waals surface area contributed by atoms with Crippen LogP contribution in [-0.2, 0) is 23.1 Å². The van der Waals surface area contributed by atoms with Gasteiger partial charge in [0.05, 0.1) is 30.3 Å². The van der Waals surface area contributed by atoms with E-state index in [2.05, 4.69) is 9.71 Å². The van der Waals surface area contributed by atoms with Gasteiger partial charge in [-0.05, 0) is 43.8 Å². The van der Waals surface area contributed by atoms with Gasteiger partial charge in [0.15, 0.2) is 11.5 Å². The van der Waals surface area contributed by atoms with Gasteiger partial charge in [0.1, 0.15) is 5.76 Å². The van der Waals surface area contributed by atoms with Crippen molar-refractivity contribution in [1.82, 2.24) is 9.88 Å². The van der Waals surface area contributed by atoms with Crippen LogP contribution in [0.1, 0.15) is 17.0 Å². The number of nitrogens with one attached hydrogen (secondary N) is 1. The van der Waals surface area contributed by atoms with Gasteiger partial charge in [-0.2, -0.15) is 0 Å². The van der Waals surface area contributed by atoms with Gasteiger partial charge in [0, 0.05) is 13.1 Å². The highest BCUT2D eigenvalue weighted by molar-refractivity contribution is 7.92. The quantitative estimate of drug-likeness (QED) is 0.563. The molecule has 0 bridgehead atoms. The number of oxazole rings is 1. The number of nitrogens with zero attached hydrogens (tertiary/aromatic N) is 2. The number of anilines is 1. The molecule has 0 saturated carbocycles. The summed E-state index contributed by atoms with van der Waals surface area (Å²) in [6.07, 6.45) is 1.10. The number of methoxy groups -OCH3 is 1. The molecule has 3 rings (SSSR count). The molecule has 0 atom stereocenters. The summed E-state index contributed by atoms with van der Waals surface area (Å²) in [4.78, 5) is 6.62. The molecule has 0 amide bonds. The van der Waals surface area contributed by atoms with E-state index in [0.717, 1.165) is 17.5 Å². The van der Waals surface area contributed by atoms with Crippen molar-refractivity contribution in [3.05, 3.63) is 59.5 Å². The van der Waals surface area contributed by atoms with E-state index in [1.165, 1.54) is 7.11 Å². The fourth-order valence-electron chi connectivity index (χ4n) is 3.11. The van der Waals surface area contributed by atoms with E-state index in [9.17, 15) is 13.5 Å². The second-order valence-corrected chi connectivity index (χ2v) is 8.87. The van der Waals surface area contributed by atoms with E-state index >= 15 is 0 Å². The number of sulfonamides is 1. The van der Waals surface area contributed by atoms with Gasteiger partial charge in [0.2, 0.25) is 15.9 Å². The fourth-order valence-corrected chi connectivity index (χ4v) is 3.68. The molecule has 9 heteroatoms. The first kappa shape index (κ1) is 21.7. The number of rotatable bonds is 8. The molecule has 0 unspecified atom stereocenters. The molecule has 30 heavy (non-hydrogen) atoms. The smallest absolute Gasteiger partial charge is 0.229 e. The maximum Gasteiger partial charge on any atom is 0.229 e. The predicted octanol–water partition coefficient (Wildman–Crippen LogP) is 3.37. The molecule has 0 spiro atoms. The van der Waals surface area contributed by atoms with Crippen LogP contribution in [0.15, 0.2) is 46.9 Å². The number of benzene rings is 2. The van der Waals surface area contributed by atoms with Gasteiger partial charge in [-0.1, -0.05) is 18.2 Å². The zero-order chi connectivity index (χ0) is 21.9. The lowest BCUT2D eigenvalue weighted by Gasteiger charge is -2.16. The van der Waals surface area contributed by atoms with Crippen LogP contribution in [0.4, 0.5) is 5.69 Å². The molecule has 0 radical (unpaired) electrons. The molecule has 0 saturated heterocycles. The van der Waals surface area contributed by atoms with Crippen molar-refractivity contribution in [3.8, 4) is 23.0 Å². The number of phenols is 1. The van der Waals surface area contributed by atoms with E-state index in [1.54, 1.807) is 36.4 Å². The Kier molecular flexibility index (Phi) is 6.33. The maximum absolute atomic E-state index is 11.6. The number of hydrogen-bond donors (Lipinski definition) is 2. The van der Waals surface area contributed by atoms with Crippen molar-refractivity contribution in [2.24, 2.45) is 0 Å². The average molecular weight is 432 g/mol. The Balaban J connectivity index is 1.78. The first-order valence-electron chi connectivity index (χ1n) is 9.24. The summed E-state index contributed by atoms with van der Waals surface area (Å²) in [6, 6.07) is 12.2. The van der Waals surface area contributed by atoms with Crippen molar-refractivity contribution in [1.29, 1.82) is 0 Å². The topological polar surface area (TPSA) is 105 Å². The Morgan fingerprint density at radius 1 is 1.20 bits per heavy atom. The number of para-hydroxylation sites is 1. The molecule has 3 aromatic rings. The third-order valence-electron chi connectivity index (χ3n) is 4.46. The Morgan fingerprint density at radius 3 is 2.60 bits per heavy atom. The maximum atomic E-state index is 11.6. The summed E-state index contributed by atoms with van der Waals surface area (Å²) in [6.45, 7) is 2.93. The third-order valence-corrected chi connectivity index (χ3v) is 5.05. The summed E-state index contributed by atoms with van der Waals surface area (Å²) in [7, 11) is 0.0178. The van der Waals surface area contributed by atoms with Gasteiger partial charge < -0.3 is 14.3 Å². The molecule has 0 aliphatic rings. The van der Waals surface area contributed by atoms with Crippen LogP contribution in [0.2, 0.25) is 0 Å². The largest absolute Gasteiger partial charge is 0.504 e. The molecule has 0 fully saturated rings. The second-order valence-electron chi connectivity index (χ2n) is 7.12. The lowest BCUT2D eigenvalue weighted by atomic mass is 10.2. The Morgan fingerprint density at radius 2 is 1.93 bits per heavy atom. The minimum absolute atomic E-state index is 0.0956. The molecule has 2 aromatic carbocycles. The van der Waals surface area contributed by atoms with Crippen LogP contribution in [0.5, 0.6) is 11.5 Å². The number of aromatic hydroxyl groups is 1. The molecule has 2 N–H and O–H groups in total. The fraction of sp³-hybridized carbons (Fsp3) is 0.286. The SMILES string of the molecule is COc1ccc(CN(C)Cc2nc(-c3ccccc3NS(C)(=O)=O)oc2C)cc1O. The van der Waals surface area contributed by atoms with Crippen molar-refractivity contribution in [2.75, 3.05) is 25.1 Å². The minimum Gasteiger partial charge on any atom is -0.504 e. The Hall–Kier alpha value is -3.04. The normalized spacial score (nSPS) is 11.6. The van der Waals surface area contributed by atoms with E-state index in [0.29, 0.717) is 41.7 Å². The molecule has 1 heterocycles. The molecule has 160 valence electrons. The first-order valence-corrected chi connectivity index (χ1v) is 11.1. The average Bonchev–Trinajstić information content (AvgIpc) is 3.01. The molecule has 0 aliphatic carbocycles. The van der Waals surface area contributed by atoms with E-state index < -0.39 is 10.0 Å². The zero-order valence-electron chi connectivity index (χ0n) is 17.3. The number of phenolic OH excluding ortho intramolecular Hbond substituents is 1. The van der Waals surface area contributed by atoms with Gasteiger partial charge in [-0.3, -0.25) is 9.62 Å². The van der Waals surface area contributed by atoms with E-state index in [-0.39, 0.29) is 5.75 Å². The zero-order valence-corrected chi connectivity index (χ0v) is 18.2. The monoisotopic (exact) mass is 431 g/mol. The summed E-state index contributed by atoms with van der Waals surface area (Å²) in [5.74, 6) is 1.53. The first-order chi connectivity index (χ1) is 14.2. The molecule has 0 aliphatic heterocycles. The lowest BCUT2D eigenvalue weighted by molar-refractivity contribution is 0.312. The Labute approximate surface area is 176 Å². The van der Waals surface area contributed by atoms with Gasteiger partial charge in [-0.15, -0.1) is 0 Å². The molecular formula is C21H25N3O5S. The highest BCUT2D eigenvalue weighted by atomic mass is 32.2. The van der Waals surface area contributed by atoms with E-state index in [4.69, 9.17) is 9.15 Å². The number of ether oxygens (including phenoxy) is 1. The van der Waals surface area contributed by atoms with Crippen LogP contribution < -0.4 is 9.46 Å². The van der Waals surface area contributed by atoms with Gasteiger partial charge >= 0.3 is 0 Å².